The molecule has 176 valence electrons. The Balaban J connectivity index is 1.93. The number of hydrogen-bond acceptors (Lipinski definition) is 4. The zero-order chi connectivity index (χ0) is 24.8. The number of sulfonamides is 1. The van der Waals surface area contributed by atoms with E-state index in [1.807, 2.05) is 45.0 Å². The molecule has 0 fully saturated rings. The molecule has 0 aliphatic rings. The van der Waals surface area contributed by atoms with Gasteiger partial charge in [-0.05, 0) is 57.6 Å². The van der Waals surface area contributed by atoms with Crippen LogP contribution >= 0.6 is 11.6 Å². The van der Waals surface area contributed by atoms with E-state index >= 15 is 0 Å². The first-order chi connectivity index (χ1) is 15.8. The number of aromatic amines is 1. The van der Waals surface area contributed by atoms with E-state index in [0.29, 0.717) is 22.0 Å². The van der Waals surface area contributed by atoms with E-state index in [4.69, 9.17) is 11.6 Å². The molecule has 0 spiro atoms. The largest absolute Gasteiger partial charge is 0.332 e. The Kier molecular flexibility index (Phi) is 5.91. The second kappa shape index (κ2) is 8.45. The fraction of sp³-hybridized carbons (Fsp3) is 0.200. The van der Waals surface area contributed by atoms with Crippen LogP contribution in [0.25, 0.3) is 27.6 Å². The molecule has 0 unspecified atom stereocenters. The van der Waals surface area contributed by atoms with Crippen LogP contribution in [0.4, 0.5) is 5.69 Å². The lowest BCUT2D eigenvalue weighted by atomic mass is 9.84. The van der Waals surface area contributed by atoms with Gasteiger partial charge in [-0.3, -0.25) is 9.52 Å². The maximum absolute atomic E-state index is 12.5. The zero-order valence-electron chi connectivity index (χ0n) is 19.1. The van der Waals surface area contributed by atoms with Crippen LogP contribution in [-0.4, -0.2) is 24.2 Å². The number of fused-ring (bicyclic) bond motifs is 1. The summed E-state index contributed by atoms with van der Waals surface area (Å²) in [4.78, 5) is 27.5. The summed E-state index contributed by atoms with van der Waals surface area (Å²) in [7, 11) is -3.38. The molecule has 2 N–H and O–H groups in total. The molecular weight excluding hydrogens is 474 g/mol. The van der Waals surface area contributed by atoms with Gasteiger partial charge in [-0.25, -0.2) is 17.8 Å². The molecular formula is C25H24ClN3O4S. The lowest BCUT2D eigenvalue weighted by Gasteiger charge is -2.24. The molecule has 1 aromatic heterocycles. The summed E-state index contributed by atoms with van der Waals surface area (Å²) >= 11 is 6.87. The molecule has 9 heteroatoms. The van der Waals surface area contributed by atoms with Crippen molar-refractivity contribution in [3.05, 3.63) is 92.2 Å². The topological polar surface area (TPSA) is 101 Å². The normalized spacial score (nSPS) is 12.1. The minimum Gasteiger partial charge on any atom is -0.314 e. The number of H-pyrrole nitrogens is 1. The van der Waals surface area contributed by atoms with Crippen LogP contribution in [0, 0.1) is 0 Å². The Morgan fingerprint density at radius 1 is 0.941 bits per heavy atom. The van der Waals surface area contributed by atoms with Crippen molar-refractivity contribution in [3.8, 4) is 16.8 Å². The smallest absolute Gasteiger partial charge is 0.314 e. The van der Waals surface area contributed by atoms with Crippen LogP contribution in [0.5, 0.6) is 0 Å². The van der Waals surface area contributed by atoms with Gasteiger partial charge in [0.05, 0.1) is 17.0 Å². The second-order valence-corrected chi connectivity index (χ2v) is 11.3. The molecule has 0 radical (unpaired) electrons. The minimum atomic E-state index is -3.38. The summed E-state index contributed by atoms with van der Waals surface area (Å²) in [5.74, 6) is 0. The highest BCUT2D eigenvalue weighted by Gasteiger charge is 2.22. The molecule has 0 saturated heterocycles. The van der Waals surface area contributed by atoms with Crippen molar-refractivity contribution in [3.63, 3.8) is 0 Å². The predicted octanol–water partition coefficient (Wildman–Crippen LogP) is 4.67. The summed E-state index contributed by atoms with van der Waals surface area (Å²) < 4.78 is 26.7. The third kappa shape index (κ3) is 4.78. The lowest BCUT2D eigenvalue weighted by Crippen LogP contribution is -2.32. The average Bonchev–Trinajstić information content (AvgIpc) is 2.72. The van der Waals surface area contributed by atoms with Crippen molar-refractivity contribution in [2.75, 3.05) is 11.0 Å². The predicted molar refractivity (Wildman–Crippen MR) is 138 cm³/mol. The van der Waals surface area contributed by atoms with Crippen molar-refractivity contribution in [2.24, 2.45) is 0 Å². The Morgan fingerprint density at radius 2 is 1.62 bits per heavy atom. The Morgan fingerprint density at radius 3 is 2.26 bits per heavy atom. The first-order valence-corrected chi connectivity index (χ1v) is 12.8. The van der Waals surface area contributed by atoms with E-state index in [1.165, 1.54) is 12.3 Å². The quantitative estimate of drug-likeness (QED) is 0.428. The van der Waals surface area contributed by atoms with Crippen LogP contribution in [0.15, 0.2) is 70.4 Å². The van der Waals surface area contributed by atoms with Crippen LogP contribution in [0.1, 0.15) is 26.3 Å². The molecule has 0 amide bonds. The zero-order valence-corrected chi connectivity index (χ0v) is 20.7. The van der Waals surface area contributed by atoms with E-state index in [2.05, 4.69) is 9.71 Å². The first-order valence-electron chi connectivity index (χ1n) is 10.5. The van der Waals surface area contributed by atoms with Gasteiger partial charge in [0.15, 0.2) is 0 Å². The number of benzene rings is 3. The van der Waals surface area contributed by atoms with Gasteiger partial charge >= 0.3 is 5.69 Å². The van der Waals surface area contributed by atoms with Gasteiger partial charge in [-0.1, -0.05) is 50.6 Å². The molecule has 4 rings (SSSR count). The van der Waals surface area contributed by atoms with Gasteiger partial charge in [0, 0.05) is 23.5 Å². The van der Waals surface area contributed by atoms with Crippen molar-refractivity contribution >= 4 is 38.1 Å². The standard InChI is InChI=1S/C25H24ClN3O4S/c1-25(2,3)21-14-19(29-22(30)9-10-27-24(29)31)13-20(23(21)26)17-6-5-16-12-18(28-34(4,32)33)8-7-15(16)11-17/h5-14,28H,1-4H3,(H,27,31). The first kappa shape index (κ1) is 23.8. The highest BCUT2D eigenvalue weighted by Crippen LogP contribution is 2.39. The molecule has 0 aliphatic heterocycles. The van der Waals surface area contributed by atoms with E-state index in [1.54, 1.807) is 24.3 Å². The lowest BCUT2D eigenvalue weighted by molar-refractivity contribution is 0.590. The van der Waals surface area contributed by atoms with Crippen molar-refractivity contribution < 1.29 is 8.42 Å². The SMILES string of the molecule is CC(C)(C)c1cc(-n2c(=O)cc[nH]c2=O)cc(-c2ccc3cc(NS(C)(=O)=O)ccc3c2)c1Cl. The average molecular weight is 498 g/mol. The van der Waals surface area contributed by atoms with Crippen LogP contribution in [-0.2, 0) is 15.4 Å². The Labute approximate surface area is 202 Å². The minimum absolute atomic E-state index is 0.351. The van der Waals surface area contributed by atoms with E-state index in [-0.39, 0.29) is 5.41 Å². The van der Waals surface area contributed by atoms with Crippen LogP contribution in [0.2, 0.25) is 5.02 Å². The molecule has 0 saturated carbocycles. The van der Waals surface area contributed by atoms with E-state index < -0.39 is 21.3 Å². The number of nitrogens with one attached hydrogen (secondary N) is 2. The molecule has 1 heterocycles. The number of aromatic nitrogens is 2. The summed E-state index contributed by atoms with van der Waals surface area (Å²) in [5.41, 5.74) is 1.84. The molecule has 4 aromatic rings. The summed E-state index contributed by atoms with van der Waals surface area (Å²) in [6.07, 6.45) is 2.42. The highest BCUT2D eigenvalue weighted by atomic mass is 35.5. The maximum Gasteiger partial charge on any atom is 0.332 e. The maximum atomic E-state index is 12.5. The molecule has 3 aromatic carbocycles. The third-order valence-electron chi connectivity index (χ3n) is 5.43. The van der Waals surface area contributed by atoms with E-state index in [9.17, 15) is 18.0 Å². The Bertz CT molecular complexity index is 1620. The van der Waals surface area contributed by atoms with Gasteiger partial charge < -0.3 is 4.98 Å². The van der Waals surface area contributed by atoms with Gasteiger partial charge in [0.25, 0.3) is 5.56 Å². The molecule has 34 heavy (non-hydrogen) atoms. The second-order valence-electron chi connectivity index (χ2n) is 9.21. The van der Waals surface area contributed by atoms with Gasteiger partial charge in [-0.2, -0.15) is 0 Å². The van der Waals surface area contributed by atoms with Gasteiger partial charge in [-0.15, -0.1) is 0 Å². The third-order valence-corrected chi connectivity index (χ3v) is 6.45. The Hall–Kier alpha value is -3.36. The molecule has 0 atom stereocenters. The van der Waals surface area contributed by atoms with Crippen LogP contribution < -0.4 is 16.0 Å². The van der Waals surface area contributed by atoms with Crippen LogP contribution in [0.3, 0.4) is 0 Å². The fourth-order valence-corrected chi connectivity index (χ4v) is 4.91. The molecule has 7 nitrogen and oxygen atoms in total. The van der Waals surface area contributed by atoms with Gasteiger partial charge in [0.2, 0.25) is 10.0 Å². The van der Waals surface area contributed by atoms with Gasteiger partial charge in [0.1, 0.15) is 0 Å². The van der Waals surface area contributed by atoms with Crippen molar-refractivity contribution in [2.45, 2.75) is 26.2 Å². The summed E-state index contributed by atoms with van der Waals surface area (Å²) in [5, 5.41) is 2.26. The number of hydrogen-bond donors (Lipinski definition) is 2. The number of halogens is 1. The number of nitrogens with zero attached hydrogens (tertiary/aromatic N) is 1. The number of anilines is 1. The van der Waals surface area contributed by atoms with Crippen molar-refractivity contribution in [1.29, 1.82) is 0 Å². The molecule has 0 aliphatic carbocycles. The highest BCUT2D eigenvalue weighted by molar-refractivity contribution is 7.92. The van der Waals surface area contributed by atoms with E-state index in [0.717, 1.165) is 32.7 Å². The summed E-state index contributed by atoms with van der Waals surface area (Å²) in [6, 6.07) is 15.8. The monoisotopic (exact) mass is 497 g/mol. The molecule has 0 bridgehead atoms. The van der Waals surface area contributed by atoms with Crippen molar-refractivity contribution in [1.82, 2.24) is 9.55 Å². The summed E-state index contributed by atoms with van der Waals surface area (Å²) in [6.45, 7) is 6.03. The number of rotatable bonds is 4. The fourth-order valence-electron chi connectivity index (χ4n) is 3.85.